The molecule has 1 aliphatic rings. The molecular formula is C20H32ClN3O2. The molecule has 0 aromatic heterocycles. The van der Waals surface area contributed by atoms with Crippen LogP contribution in [0.3, 0.4) is 0 Å². The van der Waals surface area contributed by atoms with E-state index in [0.29, 0.717) is 6.54 Å². The number of hydrogen-bond donors (Lipinski definition) is 2. The number of benzene rings is 1. The van der Waals surface area contributed by atoms with Crippen molar-refractivity contribution in [2.45, 2.75) is 44.9 Å². The van der Waals surface area contributed by atoms with E-state index in [1.165, 1.54) is 0 Å². The molecule has 1 aromatic rings. The van der Waals surface area contributed by atoms with Crippen molar-refractivity contribution in [1.29, 1.82) is 0 Å². The van der Waals surface area contributed by atoms with Gasteiger partial charge in [0.1, 0.15) is 5.75 Å². The van der Waals surface area contributed by atoms with Crippen molar-refractivity contribution in [2.75, 3.05) is 40.0 Å². The number of hydrogen-bond acceptors (Lipinski definition) is 3. The summed E-state index contributed by atoms with van der Waals surface area (Å²) in [6.45, 7) is 8.17. The molecule has 5 nitrogen and oxygen atoms in total. The van der Waals surface area contributed by atoms with Gasteiger partial charge in [0.15, 0.2) is 5.96 Å². The van der Waals surface area contributed by atoms with Crippen LogP contribution in [0.4, 0.5) is 0 Å². The fraction of sp³-hybridized carbons (Fsp3) is 0.650. The number of nitrogens with one attached hydrogen (secondary N) is 2. The maximum absolute atomic E-state index is 6.30. The Morgan fingerprint density at radius 3 is 2.69 bits per heavy atom. The summed E-state index contributed by atoms with van der Waals surface area (Å²) in [6, 6.07) is 5.85. The predicted molar refractivity (Wildman–Crippen MR) is 109 cm³/mol. The third-order valence-electron chi connectivity index (χ3n) is 4.89. The first-order valence-corrected chi connectivity index (χ1v) is 9.97. The Labute approximate surface area is 162 Å². The van der Waals surface area contributed by atoms with Gasteiger partial charge in [-0.05, 0) is 44.4 Å². The average Bonchev–Trinajstić information content (AvgIpc) is 2.67. The van der Waals surface area contributed by atoms with Crippen LogP contribution in [-0.4, -0.2) is 45.9 Å². The van der Waals surface area contributed by atoms with Crippen molar-refractivity contribution in [3.8, 4) is 5.75 Å². The molecule has 0 spiro atoms. The van der Waals surface area contributed by atoms with Crippen LogP contribution in [0, 0.1) is 0 Å². The van der Waals surface area contributed by atoms with E-state index in [0.717, 1.165) is 74.3 Å². The lowest BCUT2D eigenvalue weighted by Gasteiger charge is -2.37. The number of rotatable bonds is 8. The lowest BCUT2D eigenvalue weighted by molar-refractivity contribution is 0.0523. The topological polar surface area (TPSA) is 54.9 Å². The van der Waals surface area contributed by atoms with Crippen LogP contribution in [0.15, 0.2) is 23.2 Å². The number of nitrogens with zero attached hydrogens (tertiary/aromatic N) is 1. The van der Waals surface area contributed by atoms with Gasteiger partial charge in [-0.15, -0.1) is 0 Å². The zero-order valence-corrected chi connectivity index (χ0v) is 17.0. The normalized spacial score (nSPS) is 17.0. The Kier molecular flexibility index (Phi) is 8.52. The Morgan fingerprint density at radius 2 is 2.04 bits per heavy atom. The van der Waals surface area contributed by atoms with Gasteiger partial charge < -0.3 is 20.1 Å². The molecule has 6 heteroatoms. The second-order valence-corrected chi connectivity index (χ2v) is 7.15. The van der Waals surface area contributed by atoms with Crippen LogP contribution in [0.25, 0.3) is 0 Å². The molecule has 0 aliphatic carbocycles. The molecule has 1 aromatic carbocycles. The highest BCUT2D eigenvalue weighted by molar-refractivity contribution is 6.30. The highest BCUT2D eigenvalue weighted by Crippen LogP contribution is 2.41. The summed E-state index contributed by atoms with van der Waals surface area (Å²) < 4.78 is 11.3. The van der Waals surface area contributed by atoms with Gasteiger partial charge in [0.05, 0.1) is 13.7 Å². The Hall–Kier alpha value is -1.46. The summed E-state index contributed by atoms with van der Waals surface area (Å²) in [4.78, 5) is 4.90. The first-order valence-electron chi connectivity index (χ1n) is 9.59. The van der Waals surface area contributed by atoms with Crippen molar-refractivity contribution < 1.29 is 9.47 Å². The van der Waals surface area contributed by atoms with E-state index in [4.69, 9.17) is 26.1 Å². The van der Waals surface area contributed by atoms with Crippen LogP contribution >= 0.6 is 11.6 Å². The average molecular weight is 382 g/mol. The smallest absolute Gasteiger partial charge is 0.191 e. The van der Waals surface area contributed by atoms with Crippen molar-refractivity contribution in [1.82, 2.24) is 10.6 Å². The predicted octanol–water partition coefficient (Wildman–Crippen LogP) is 3.75. The fourth-order valence-electron chi connectivity index (χ4n) is 3.33. The van der Waals surface area contributed by atoms with Crippen LogP contribution in [-0.2, 0) is 10.2 Å². The molecule has 26 heavy (non-hydrogen) atoms. The quantitative estimate of drug-likeness (QED) is 0.409. The summed E-state index contributed by atoms with van der Waals surface area (Å²) in [7, 11) is 1.71. The number of ether oxygens (including phenoxy) is 2. The molecule has 0 bridgehead atoms. The zero-order chi connectivity index (χ0) is 18.8. The third kappa shape index (κ3) is 5.52. The molecule has 2 rings (SSSR count). The summed E-state index contributed by atoms with van der Waals surface area (Å²) >= 11 is 6.30. The molecule has 0 atom stereocenters. The molecule has 0 radical (unpaired) electrons. The van der Waals surface area contributed by atoms with Crippen molar-refractivity contribution >= 4 is 17.6 Å². The van der Waals surface area contributed by atoms with E-state index in [9.17, 15) is 0 Å². The number of aliphatic imine (C=N–C) groups is 1. The molecular weight excluding hydrogens is 350 g/mol. The highest BCUT2D eigenvalue weighted by atomic mass is 35.5. The number of unbranched alkanes of at least 4 members (excludes halogenated alkanes) is 1. The van der Waals surface area contributed by atoms with E-state index >= 15 is 0 Å². The number of guanidine groups is 1. The maximum atomic E-state index is 6.30. The lowest BCUT2D eigenvalue weighted by atomic mass is 9.73. The summed E-state index contributed by atoms with van der Waals surface area (Å²) in [5.41, 5.74) is 1.01. The molecule has 1 saturated heterocycles. The largest absolute Gasteiger partial charge is 0.496 e. The molecule has 0 saturated carbocycles. The van der Waals surface area contributed by atoms with E-state index in [1.807, 2.05) is 18.2 Å². The van der Waals surface area contributed by atoms with E-state index in [1.54, 1.807) is 7.11 Å². The maximum Gasteiger partial charge on any atom is 0.191 e. The summed E-state index contributed by atoms with van der Waals surface area (Å²) in [6.07, 6.45) is 4.10. The highest BCUT2D eigenvalue weighted by Gasteiger charge is 2.37. The van der Waals surface area contributed by atoms with Gasteiger partial charge in [0.25, 0.3) is 0 Å². The second-order valence-electron chi connectivity index (χ2n) is 6.71. The minimum atomic E-state index is -0.123. The van der Waals surface area contributed by atoms with Crippen LogP contribution in [0.5, 0.6) is 5.75 Å². The van der Waals surface area contributed by atoms with E-state index < -0.39 is 0 Å². The van der Waals surface area contributed by atoms with Gasteiger partial charge in [0, 0.05) is 42.3 Å². The molecule has 1 aliphatic heterocycles. The lowest BCUT2D eigenvalue weighted by Crippen LogP contribution is -2.41. The van der Waals surface area contributed by atoms with Gasteiger partial charge in [-0.1, -0.05) is 24.9 Å². The minimum Gasteiger partial charge on any atom is -0.496 e. The number of methoxy groups -OCH3 is 1. The molecule has 146 valence electrons. The van der Waals surface area contributed by atoms with E-state index in [-0.39, 0.29) is 5.41 Å². The summed E-state index contributed by atoms with van der Waals surface area (Å²) in [5.74, 6) is 1.74. The molecule has 0 amide bonds. The molecule has 1 fully saturated rings. The first-order chi connectivity index (χ1) is 12.6. The fourth-order valence-corrected chi connectivity index (χ4v) is 3.50. The second kappa shape index (κ2) is 10.6. The standard InChI is InChI=1S/C20H32ClN3O2/c1-4-6-11-23-19(22-5-2)24-15-20(9-12-26-13-10-20)17-14-16(21)7-8-18(17)25-3/h7-8,14H,4-6,9-13,15H2,1-3H3,(H2,22,23,24). The van der Waals surface area contributed by atoms with Gasteiger partial charge in [0.2, 0.25) is 0 Å². The molecule has 2 N–H and O–H groups in total. The SMILES string of the molecule is CCCCNC(=NCC1(c2cc(Cl)ccc2OC)CCOCC1)NCC. The Bertz CT molecular complexity index is 586. The molecule has 1 heterocycles. The monoisotopic (exact) mass is 381 g/mol. The van der Waals surface area contributed by atoms with Gasteiger partial charge in [-0.25, -0.2) is 0 Å². The minimum absolute atomic E-state index is 0.123. The van der Waals surface area contributed by atoms with Crippen molar-refractivity contribution in [3.63, 3.8) is 0 Å². The first kappa shape index (κ1) is 20.8. The summed E-state index contributed by atoms with van der Waals surface area (Å²) in [5, 5.41) is 7.49. The third-order valence-corrected chi connectivity index (χ3v) is 5.12. The van der Waals surface area contributed by atoms with Crippen LogP contribution < -0.4 is 15.4 Å². The van der Waals surface area contributed by atoms with Gasteiger partial charge in [-0.3, -0.25) is 4.99 Å². The van der Waals surface area contributed by atoms with E-state index in [2.05, 4.69) is 24.5 Å². The van der Waals surface area contributed by atoms with Crippen LogP contribution in [0.2, 0.25) is 5.02 Å². The van der Waals surface area contributed by atoms with Gasteiger partial charge >= 0.3 is 0 Å². The van der Waals surface area contributed by atoms with Crippen molar-refractivity contribution in [2.24, 2.45) is 4.99 Å². The van der Waals surface area contributed by atoms with Crippen molar-refractivity contribution in [3.05, 3.63) is 28.8 Å². The number of halogens is 1. The van der Waals surface area contributed by atoms with Gasteiger partial charge in [-0.2, -0.15) is 0 Å². The molecule has 0 unspecified atom stereocenters. The Morgan fingerprint density at radius 1 is 1.27 bits per heavy atom. The van der Waals surface area contributed by atoms with Crippen LogP contribution in [0.1, 0.15) is 45.1 Å². The Balaban J connectivity index is 2.28. The zero-order valence-electron chi connectivity index (χ0n) is 16.2.